The maximum Gasteiger partial charge on any atom is 0.339 e. The number of nitro groups is 1. The highest BCUT2D eigenvalue weighted by Crippen LogP contribution is 2.25. The number of esters is 1. The van der Waals surface area contributed by atoms with Crippen molar-refractivity contribution in [2.24, 2.45) is 0 Å². The molecular weight excluding hydrogens is 346 g/mol. The zero-order valence-electron chi connectivity index (χ0n) is 13.7. The molecule has 7 heteroatoms. The van der Waals surface area contributed by atoms with Gasteiger partial charge in [0.2, 0.25) is 5.78 Å². The number of nitrogens with zero attached hydrogens (tertiary/aromatic N) is 1. The molecule has 130 valence electrons. The molecule has 0 aliphatic heterocycles. The van der Waals surface area contributed by atoms with Gasteiger partial charge < -0.3 is 4.74 Å². The van der Waals surface area contributed by atoms with Crippen LogP contribution in [0, 0.1) is 10.1 Å². The summed E-state index contributed by atoms with van der Waals surface area (Å²) in [4.78, 5) is 34.7. The van der Waals surface area contributed by atoms with Gasteiger partial charge in [-0.1, -0.05) is 42.8 Å². The number of Topliss-reactive ketones (excluding diaryl/α,β-unsaturated/α-hetero) is 1. The van der Waals surface area contributed by atoms with Crippen molar-refractivity contribution >= 4 is 29.0 Å². The number of carbonyl (C=O) groups excluding carboxylic acids is 2. The van der Waals surface area contributed by atoms with Crippen molar-refractivity contribution in [3.05, 3.63) is 74.3 Å². The fourth-order valence-corrected chi connectivity index (χ4v) is 2.39. The molecule has 0 saturated heterocycles. The van der Waals surface area contributed by atoms with Crippen molar-refractivity contribution in [3.63, 3.8) is 0 Å². The van der Waals surface area contributed by atoms with Gasteiger partial charge in [-0.3, -0.25) is 14.9 Å². The van der Waals surface area contributed by atoms with Crippen LogP contribution in [-0.4, -0.2) is 22.8 Å². The number of halogens is 1. The van der Waals surface area contributed by atoms with Crippen LogP contribution in [0.2, 0.25) is 5.02 Å². The van der Waals surface area contributed by atoms with E-state index in [1.54, 1.807) is 12.1 Å². The Hall–Kier alpha value is -2.73. The zero-order chi connectivity index (χ0) is 18.6. The second kappa shape index (κ2) is 7.90. The first-order valence-corrected chi connectivity index (χ1v) is 7.99. The molecule has 0 radical (unpaired) electrons. The number of ether oxygens (including phenoxy) is 1. The summed E-state index contributed by atoms with van der Waals surface area (Å²) in [5, 5.41) is 10.8. The summed E-state index contributed by atoms with van der Waals surface area (Å²) >= 11 is 5.71. The number of hydrogen-bond acceptors (Lipinski definition) is 5. The van der Waals surface area contributed by atoms with Gasteiger partial charge >= 0.3 is 5.97 Å². The van der Waals surface area contributed by atoms with Gasteiger partial charge in [0.1, 0.15) is 5.02 Å². The maximum absolute atomic E-state index is 12.3. The highest BCUT2D eigenvalue weighted by molar-refractivity contribution is 6.32. The van der Waals surface area contributed by atoms with Crippen LogP contribution in [0.15, 0.2) is 42.5 Å². The summed E-state index contributed by atoms with van der Waals surface area (Å²) < 4.78 is 5.13. The van der Waals surface area contributed by atoms with Gasteiger partial charge in [-0.25, -0.2) is 4.79 Å². The number of ketones is 1. The van der Waals surface area contributed by atoms with Gasteiger partial charge in [0.05, 0.1) is 10.5 Å². The summed E-state index contributed by atoms with van der Waals surface area (Å²) in [6.45, 7) is 3.46. The monoisotopic (exact) mass is 361 g/mol. The van der Waals surface area contributed by atoms with Crippen molar-refractivity contribution in [2.75, 3.05) is 0 Å². The summed E-state index contributed by atoms with van der Waals surface area (Å²) in [5.41, 5.74) is 1.08. The Bertz CT molecular complexity index is 817. The largest absolute Gasteiger partial charge is 0.451 e. The second-order valence-electron chi connectivity index (χ2n) is 5.39. The molecule has 0 spiro atoms. The SMILES string of the molecule is CCc1ccc(C(=O)[C@@H](C)OC(=O)c2ccc(Cl)c([N+](=O)[O-])c2)cc1. The number of nitro benzene ring substituents is 1. The number of carbonyl (C=O) groups is 2. The third-order valence-electron chi connectivity index (χ3n) is 3.68. The van der Waals surface area contributed by atoms with Gasteiger partial charge in [-0.05, 0) is 31.0 Å². The molecule has 1 atom stereocenters. The minimum absolute atomic E-state index is 0.0444. The number of rotatable bonds is 6. The van der Waals surface area contributed by atoms with Gasteiger partial charge in [0, 0.05) is 11.6 Å². The molecule has 0 bridgehead atoms. The molecule has 0 saturated carbocycles. The Labute approximate surface area is 149 Å². The number of hydrogen-bond donors (Lipinski definition) is 0. The summed E-state index contributed by atoms with van der Waals surface area (Å²) in [5.74, 6) is -1.18. The predicted molar refractivity (Wildman–Crippen MR) is 93.1 cm³/mol. The van der Waals surface area contributed by atoms with E-state index in [-0.39, 0.29) is 16.4 Å². The first-order valence-electron chi connectivity index (χ1n) is 7.61. The molecule has 0 unspecified atom stereocenters. The minimum atomic E-state index is -1.02. The van der Waals surface area contributed by atoms with Crippen LogP contribution >= 0.6 is 11.6 Å². The minimum Gasteiger partial charge on any atom is -0.451 e. The zero-order valence-corrected chi connectivity index (χ0v) is 14.4. The number of benzene rings is 2. The lowest BCUT2D eigenvalue weighted by Gasteiger charge is -2.12. The molecule has 2 rings (SSSR count). The van der Waals surface area contributed by atoms with Gasteiger partial charge in [-0.15, -0.1) is 0 Å². The Morgan fingerprint density at radius 1 is 1.16 bits per heavy atom. The molecule has 2 aromatic rings. The van der Waals surface area contributed by atoms with E-state index in [1.807, 2.05) is 19.1 Å². The molecule has 0 N–H and O–H groups in total. The van der Waals surface area contributed by atoms with Gasteiger partial charge in [0.25, 0.3) is 5.69 Å². The normalized spacial score (nSPS) is 11.6. The molecule has 0 aliphatic rings. The topological polar surface area (TPSA) is 86.5 Å². The smallest absolute Gasteiger partial charge is 0.339 e. The molecule has 0 amide bonds. The fourth-order valence-electron chi connectivity index (χ4n) is 2.20. The highest BCUT2D eigenvalue weighted by atomic mass is 35.5. The van der Waals surface area contributed by atoms with E-state index >= 15 is 0 Å². The third kappa shape index (κ3) is 4.42. The van der Waals surface area contributed by atoms with Gasteiger partial charge in [-0.2, -0.15) is 0 Å². The lowest BCUT2D eigenvalue weighted by molar-refractivity contribution is -0.384. The first-order chi connectivity index (χ1) is 11.8. The molecule has 0 aromatic heterocycles. The molecule has 6 nitrogen and oxygen atoms in total. The molecule has 0 aliphatic carbocycles. The van der Waals surface area contributed by atoms with Crippen LogP contribution in [-0.2, 0) is 11.2 Å². The standard InChI is InChI=1S/C18H16ClNO5/c1-3-12-4-6-13(7-5-12)17(21)11(2)25-18(22)14-8-9-15(19)16(10-14)20(23)24/h4-11H,3H2,1-2H3/t11-/m1/s1. The lowest BCUT2D eigenvalue weighted by atomic mass is 10.0. The Kier molecular flexibility index (Phi) is 5.88. The van der Waals surface area contributed by atoms with Crippen LogP contribution in [0.4, 0.5) is 5.69 Å². The number of aryl methyl sites for hydroxylation is 1. The predicted octanol–water partition coefficient (Wildman–Crippen LogP) is 4.24. The van der Waals surface area contributed by atoms with Crippen molar-refractivity contribution < 1.29 is 19.2 Å². The van der Waals surface area contributed by atoms with Crippen molar-refractivity contribution in [3.8, 4) is 0 Å². The molecule has 0 heterocycles. The van der Waals surface area contributed by atoms with Crippen molar-refractivity contribution in [1.82, 2.24) is 0 Å². The second-order valence-corrected chi connectivity index (χ2v) is 5.79. The van der Waals surface area contributed by atoms with Crippen molar-refractivity contribution in [1.29, 1.82) is 0 Å². The van der Waals surface area contributed by atoms with E-state index in [2.05, 4.69) is 0 Å². The van der Waals surface area contributed by atoms with Crippen LogP contribution in [0.25, 0.3) is 0 Å². The molecule has 0 fully saturated rings. The van der Waals surface area contributed by atoms with E-state index in [9.17, 15) is 19.7 Å². The van der Waals surface area contributed by atoms with Crippen LogP contribution in [0.5, 0.6) is 0 Å². The summed E-state index contributed by atoms with van der Waals surface area (Å²) in [6.07, 6.45) is -0.163. The van der Waals surface area contributed by atoms with Crippen LogP contribution in [0.3, 0.4) is 0 Å². The van der Waals surface area contributed by atoms with E-state index in [0.717, 1.165) is 18.1 Å². The van der Waals surface area contributed by atoms with E-state index < -0.39 is 22.7 Å². The fraction of sp³-hybridized carbons (Fsp3) is 0.222. The first kappa shape index (κ1) is 18.6. The lowest BCUT2D eigenvalue weighted by Crippen LogP contribution is -2.24. The van der Waals surface area contributed by atoms with Crippen LogP contribution < -0.4 is 0 Å². The van der Waals surface area contributed by atoms with Crippen molar-refractivity contribution in [2.45, 2.75) is 26.4 Å². The molecule has 25 heavy (non-hydrogen) atoms. The third-order valence-corrected chi connectivity index (χ3v) is 4.00. The Balaban J connectivity index is 2.12. The van der Waals surface area contributed by atoms with Gasteiger partial charge in [0.15, 0.2) is 6.10 Å². The average molecular weight is 362 g/mol. The Morgan fingerprint density at radius 3 is 2.32 bits per heavy atom. The Morgan fingerprint density at radius 2 is 1.76 bits per heavy atom. The van der Waals surface area contributed by atoms with E-state index in [1.165, 1.54) is 19.1 Å². The van der Waals surface area contributed by atoms with Crippen LogP contribution in [0.1, 0.15) is 40.1 Å². The maximum atomic E-state index is 12.3. The van der Waals surface area contributed by atoms with E-state index in [0.29, 0.717) is 5.56 Å². The quantitative estimate of drug-likeness (QED) is 0.332. The van der Waals surface area contributed by atoms with E-state index in [4.69, 9.17) is 16.3 Å². The molecular formula is C18H16ClNO5. The summed E-state index contributed by atoms with van der Waals surface area (Å²) in [6, 6.07) is 10.6. The summed E-state index contributed by atoms with van der Waals surface area (Å²) in [7, 11) is 0. The highest BCUT2D eigenvalue weighted by Gasteiger charge is 2.22. The average Bonchev–Trinajstić information content (AvgIpc) is 2.61. The molecule has 2 aromatic carbocycles.